The summed E-state index contributed by atoms with van der Waals surface area (Å²) in [5.74, 6) is 0.695. The maximum absolute atomic E-state index is 13.9. The van der Waals surface area contributed by atoms with Crippen LogP contribution in [0.25, 0.3) is 0 Å². The number of benzene rings is 2. The fraction of sp³-hybridized carbons (Fsp3) is 0.345. The summed E-state index contributed by atoms with van der Waals surface area (Å²) in [6.45, 7) is 2.46. The molecule has 1 N–H and O–H groups in total. The second-order valence-corrected chi connectivity index (χ2v) is 8.84. The molecule has 1 saturated carbocycles. The van der Waals surface area contributed by atoms with E-state index in [1.807, 2.05) is 31.2 Å². The lowest BCUT2D eigenvalue weighted by Crippen LogP contribution is -2.47. The van der Waals surface area contributed by atoms with Crippen molar-refractivity contribution in [3.05, 3.63) is 84.2 Å². The lowest BCUT2D eigenvalue weighted by atomic mass is 9.94. The number of carbonyl (C=O) groups is 2. The Balaban J connectivity index is 1.80. The summed E-state index contributed by atoms with van der Waals surface area (Å²) in [7, 11) is 1.57. The van der Waals surface area contributed by atoms with Gasteiger partial charge in [-0.25, -0.2) is 0 Å². The first-order chi connectivity index (χ1) is 17.6. The average molecular weight is 488 g/mol. The van der Waals surface area contributed by atoms with Gasteiger partial charge in [0, 0.05) is 24.0 Å². The van der Waals surface area contributed by atoms with Crippen LogP contribution < -0.4 is 19.7 Å². The van der Waals surface area contributed by atoms with Crippen LogP contribution in [0.1, 0.15) is 61.1 Å². The normalized spacial score (nSPS) is 14.5. The maximum Gasteiger partial charge on any atom is 0.277 e. The minimum absolute atomic E-state index is 0.0913. The Hall–Kier alpha value is -3.87. The molecule has 1 aliphatic rings. The zero-order valence-corrected chi connectivity index (χ0v) is 20.9. The minimum atomic E-state index is -0.913. The molecule has 7 nitrogen and oxygen atoms in total. The van der Waals surface area contributed by atoms with Gasteiger partial charge in [-0.2, -0.15) is 0 Å². The number of hydrogen-bond acceptors (Lipinski definition) is 5. The van der Waals surface area contributed by atoms with Gasteiger partial charge in [0.05, 0.1) is 13.7 Å². The number of amides is 2. The lowest BCUT2D eigenvalue weighted by Gasteiger charge is -2.33. The number of methoxy groups -OCH3 is 1. The van der Waals surface area contributed by atoms with Crippen molar-refractivity contribution >= 4 is 17.5 Å². The van der Waals surface area contributed by atoms with E-state index in [1.165, 1.54) is 11.3 Å². The van der Waals surface area contributed by atoms with Gasteiger partial charge in [0.1, 0.15) is 23.2 Å². The number of nitrogens with zero attached hydrogens (tertiary/aromatic N) is 2. The van der Waals surface area contributed by atoms with Gasteiger partial charge >= 0.3 is 0 Å². The molecule has 4 rings (SSSR count). The molecule has 0 saturated heterocycles. The van der Waals surface area contributed by atoms with Crippen LogP contribution in [0, 0.1) is 0 Å². The maximum atomic E-state index is 13.9. The van der Waals surface area contributed by atoms with E-state index in [9.17, 15) is 9.59 Å². The molecule has 7 heteroatoms. The van der Waals surface area contributed by atoms with Crippen LogP contribution in [0.15, 0.2) is 72.9 Å². The number of anilines is 1. The third kappa shape index (κ3) is 6.03. The number of carbonyl (C=O) groups excluding carboxylic acids is 2. The van der Waals surface area contributed by atoms with Gasteiger partial charge < -0.3 is 14.8 Å². The van der Waals surface area contributed by atoms with Crippen LogP contribution in [-0.2, 0) is 4.79 Å². The fourth-order valence-electron chi connectivity index (χ4n) is 4.61. The van der Waals surface area contributed by atoms with E-state index in [0.717, 1.165) is 25.7 Å². The van der Waals surface area contributed by atoms with Gasteiger partial charge in [-0.3, -0.25) is 19.5 Å². The van der Waals surface area contributed by atoms with E-state index in [2.05, 4.69) is 10.3 Å². The Bertz CT molecular complexity index is 1140. The van der Waals surface area contributed by atoms with Crippen molar-refractivity contribution < 1.29 is 19.1 Å². The summed E-state index contributed by atoms with van der Waals surface area (Å²) < 4.78 is 11.0. The zero-order chi connectivity index (χ0) is 25.3. The quantitative estimate of drug-likeness (QED) is 0.442. The third-order valence-electron chi connectivity index (χ3n) is 6.40. The first-order valence-electron chi connectivity index (χ1n) is 12.5. The number of aromatic nitrogens is 1. The highest BCUT2D eigenvalue weighted by atomic mass is 16.5. The van der Waals surface area contributed by atoms with Gasteiger partial charge in [-0.05, 0) is 61.7 Å². The number of pyridine rings is 1. The van der Waals surface area contributed by atoms with Crippen molar-refractivity contribution in [2.24, 2.45) is 0 Å². The van der Waals surface area contributed by atoms with Crippen LogP contribution in [0.5, 0.6) is 11.5 Å². The molecule has 0 aliphatic heterocycles. The number of ether oxygens (including phenoxy) is 2. The minimum Gasteiger partial charge on any atom is -0.497 e. The first kappa shape index (κ1) is 25.2. The van der Waals surface area contributed by atoms with E-state index in [-0.39, 0.29) is 23.6 Å². The Morgan fingerprint density at radius 3 is 2.44 bits per heavy atom. The summed E-state index contributed by atoms with van der Waals surface area (Å²) in [5, 5.41) is 3.23. The highest BCUT2D eigenvalue weighted by Crippen LogP contribution is 2.33. The Kier molecular flexibility index (Phi) is 8.55. The Morgan fingerprint density at radius 2 is 1.78 bits per heavy atom. The predicted octanol–water partition coefficient (Wildman–Crippen LogP) is 5.33. The highest BCUT2D eigenvalue weighted by molar-refractivity contribution is 6.09. The number of rotatable bonds is 9. The van der Waals surface area contributed by atoms with Gasteiger partial charge in [0.15, 0.2) is 0 Å². The van der Waals surface area contributed by atoms with Crippen LogP contribution in [0.4, 0.5) is 5.69 Å². The van der Waals surface area contributed by atoms with E-state index < -0.39 is 6.04 Å². The molecular weight excluding hydrogens is 454 g/mol. The van der Waals surface area contributed by atoms with E-state index in [4.69, 9.17) is 9.47 Å². The van der Waals surface area contributed by atoms with Gasteiger partial charge in [-0.15, -0.1) is 0 Å². The smallest absolute Gasteiger partial charge is 0.277 e. The summed E-state index contributed by atoms with van der Waals surface area (Å²) in [6, 6.07) is 18.9. The van der Waals surface area contributed by atoms with Gasteiger partial charge in [-0.1, -0.05) is 43.5 Å². The second-order valence-electron chi connectivity index (χ2n) is 8.84. The summed E-state index contributed by atoms with van der Waals surface area (Å²) in [4.78, 5) is 33.7. The zero-order valence-electron chi connectivity index (χ0n) is 20.9. The summed E-state index contributed by atoms with van der Waals surface area (Å²) >= 11 is 0. The van der Waals surface area contributed by atoms with Gasteiger partial charge in [0.25, 0.3) is 5.91 Å². The molecular formula is C29H33N3O4. The first-order valence-corrected chi connectivity index (χ1v) is 12.5. The molecule has 0 spiro atoms. The van der Waals surface area contributed by atoms with E-state index in [1.54, 1.807) is 55.8 Å². The van der Waals surface area contributed by atoms with Crippen molar-refractivity contribution in [2.45, 2.75) is 51.1 Å². The largest absolute Gasteiger partial charge is 0.497 e. The molecule has 3 aromatic rings. The molecule has 0 radical (unpaired) electrons. The predicted molar refractivity (Wildman–Crippen MR) is 139 cm³/mol. The van der Waals surface area contributed by atoms with Crippen LogP contribution in [0.3, 0.4) is 0 Å². The van der Waals surface area contributed by atoms with Crippen LogP contribution in [-0.4, -0.2) is 36.6 Å². The topological polar surface area (TPSA) is 80.8 Å². The second kappa shape index (κ2) is 12.2. The molecule has 1 atom stereocenters. The fourth-order valence-corrected chi connectivity index (χ4v) is 4.61. The number of hydrogen-bond donors (Lipinski definition) is 1. The molecule has 2 amide bonds. The van der Waals surface area contributed by atoms with Crippen molar-refractivity contribution in [1.29, 1.82) is 0 Å². The van der Waals surface area contributed by atoms with Crippen LogP contribution >= 0.6 is 0 Å². The van der Waals surface area contributed by atoms with E-state index >= 15 is 0 Å². The summed E-state index contributed by atoms with van der Waals surface area (Å²) in [5.41, 5.74) is 1.48. The molecule has 1 aliphatic carbocycles. The van der Waals surface area contributed by atoms with E-state index in [0.29, 0.717) is 29.4 Å². The van der Waals surface area contributed by atoms with Crippen molar-refractivity contribution in [1.82, 2.24) is 10.3 Å². The third-order valence-corrected chi connectivity index (χ3v) is 6.40. The molecule has 0 bridgehead atoms. The highest BCUT2D eigenvalue weighted by Gasteiger charge is 2.35. The average Bonchev–Trinajstić information content (AvgIpc) is 2.93. The molecule has 1 fully saturated rings. The number of nitrogens with one attached hydrogen (secondary N) is 1. The monoisotopic (exact) mass is 487 g/mol. The molecule has 188 valence electrons. The molecule has 1 aromatic heterocycles. The lowest BCUT2D eigenvalue weighted by molar-refractivity contribution is -0.123. The van der Waals surface area contributed by atoms with Crippen molar-refractivity contribution in [3.8, 4) is 11.5 Å². The standard InChI is InChI=1S/C29H33N3O4/c1-3-36-24-17-15-21(16-18-24)27(28(33)31-22-10-5-4-6-11-22)32(23-12-9-13-25(20-23)35-2)29(34)26-14-7-8-19-30-26/h7-9,12-20,22,27H,3-6,10-11H2,1-2H3,(H,31,33)/t27-/m0/s1. The molecule has 36 heavy (non-hydrogen) atoms. The van der Waals surface area contributed by atoms with Crippen molar-refractivity contribution in [2.75, 3.05) is 18.6 Å². The van der Waals surface area contributed by atoms with Gasteiger partial charge in [0.2, 0.25) is 5.91 Å². The van der Waals surface area contributed by atoms with Crippen LogP contribution in [0.2, 0.25) is 0 Å². The van der Waals surface area contributed by atoms with Crippen molar-refractivity contribution in [3.63, 3.8) is 0 Å². The molecule has 2 aromatic carbocycles. The SMILES string of the molecule is CCOc1ccc([C@@H](C(=O)NC2CCCCC2)N(C(=O)c2ccccn2)c2cccc(OC)c2)cc1. The Morgan fingerprint density at radius 1 is 1.00 bits per heavy atom. The Labute approximate surface area is 212 Å². The summed E-state index contributed by atoms with van der Waals surface area (Å²) in [6.07, 6.45) is 6.81. The molecule has 0 unspecified atom stereocenters. The molecule has 1 heterocycles.